The van der Waals surface area contributed by atoms with E-state index in [2.05, 4.69) is 17.2 Å². The van der Waals surface area contributed by atoms with Gasteiger partial charge in [-0.3, -0.25) is 4.79 Å². The lowest BCUT2D eigenvalue weighted by atomic mass is 9.88. The van der Waals surface area contributed by atoms with E-state index in [1.807, 2.05) is 0 Å². The first-order valence-corrected chi connectivity index (χ1v) is 10.4. The molecule has 1 N–H and O–H groups in total. The molecule has 154 valence electrons. The number of methoxy groups -OCH3 is 1. The average molecular weight is 437 g/mol. The van der Waals surface area contributed by atoms with E-state index in [0.717, 1.165) is 29.7 Å². The molecule has 9 heteroatoms. The zero-order valence-corrected chi connectivity index (χ0v) is 17.9. The number of thiophene rings is 1. The number of anilines is 1. The van der Waals surface area contributed by atoms with Crippen molar-refractivity contribution in [2.75, 3.05) is 12.4 Å². The molecule has 1 amide bonds. The topological polar surface area (TPSA) is 94.6 Å². The summed E-state index contributed by atoms with van der Waals surface area (Å²) in [6, 6.07) is 3.01. The van der Waals surface area contributed by atoms with Crippen LogP contribution in [0.1, 0.15) is 51.4 Å². The maximum absolute atomic E-state index is 12.6. The highest BCUT2D eigenvalue weighted by Crippen LogP contribution is 2.40. The Bertz CT molecular complexity index is 958. The van der Waals surface area contributed by atoms with Gasteiger partial charge in [0.25, 0.3) is 5.91 Å². The van der Waals surface area contributed by atoms with Crippen LogP contribution in [0, 0.1) is 5.92 Å². The molecule has 3 rings (SSSR count). The van der Waals surface area contributed by atoms with Crippen molar-refractivity contribution in [2.45, 2.75) is 39.2 Å². The number of hydrogen-bond donors (Lipinski definition) is 1. The Morgan fingerprint density at radius 1 is 1.34 bits per heavy atom. The van der Waals surface area contributed by atoms with Crippen molar-refractivity contribution in [3.05, 3.63) is 45.1 Å². The van der Waals surface area contributed by atoms with E-state index in [-0.39, 0.29) is 10.7 Å². The van der Waals surface area contributed by atoms with Crippen LogP contribution in [0.15, 0.2) is 18.3 Å². The summed E-state index contributed by atoms with van der Waals surface area (Å²) >= 11 is 7.26. The van der Waals surface area contributed by atoms with Crippen molar-refractivity contribution in [3.8, 4) is 0 Å². The van der Waals surface area contributed by atoms with Crippen LogP contribution in [-0.4, -0.2) is 36.0 Å². The number of pyridine rings is 1. The van der Waals surface area contributed by atoms with Crippen LogP contribution in [0.5, 0.6) is 0 Å². The molecular formula is C20H21ClN2O5S. The van der Waals surface area contributed by atoms with Crippen LogP contribution in [0.25, 0.3) is 0 Å². The zero-order chi connectivity index (χ0) is 21.1. The largest absolute Gasteiger partial charge is 0.465 e. The second-order valence-corrected chi connectivity index (χ2v) is 8.39. The van der Waals surface area contributed by atoms with Crippen molar-refractivity contribution in [3.63, 3.8) is 0 Å². The summed E-state index contributed by atoms with van der Waals surface area (Å²) in [6.45, 7) is 3.61. The molecule has 0 saturated heterocycles. The maximum atomic E-state index is 12.6. The number of amides is 1. The number of carbonyl (C=O) groups is 3. The van der Waals surface area contributed by atoms with Gasteiger partial charge in [-0.1, -0.05) is 18.5 Å². The molecule has 0 aromatic carbocycles. The van der Waals surface area contributed by atoms with Gasteiger partial charge in [0, 0.05) is 11.1 Å². The lowest BCUT2D eigenvalue weighted by molar-refractivity contribution is -0.123. The van der Waals surface area contributed by atoms with Crippen molar-refractivity contribution in [2.24, 2.45) is 5.92 Å². The van der Waals surface area contributed by atoms with Gasteiger partial charge in [-0.2, -0.15) is 0 Å². The third-order valence-corrected chi connectivity index (χ3v) is 6.24. The molecule has 2 aromatic heterocycles. The first-order valence-electron chi connectivity index (χ1n) is 9.17. The van der Waals surface area contributed by atoms with Gasteiger partial charge in [0.2, 0.25) is 0 Å². The van der Waals surface area contributed by atoms with Crippen LogP contribution < -0.4 is 5.32 Å². The summed E-state index contributed by atoms with van der Waals surface area (Å²) in [5.41, 5.74) is 1.40. The van der Waals surface area contributed by atoms with Gasteiger partial charge >= 0.3 is 11.9 Å². The summed E-state index contributed by atoms with van der Waals surface area (Å²) in [5, 5.41) is 3.14. The number of halogens is 1. The van der Waals surface area contributed by atoms with Gasteiger partial charge in [-0.05, 0) is 49.8 Å². The summed E-state index contributed by atoms with van der Waals surface area (Å²) < 4.78 is 10.1. The minimum absolute atomic E-state index is 0.00172. The first-order chi connectivity index (χ1) is 13.8. The molecule has 0 radical (unpaired) electrons. The second kappa shape index (κ2) is 8.92. The smallest absolute Gasteiger partial charge is 0.342 e. The molecule has 0 saturated carbocycles. The molecule has 29 heavy (non-hydrogen) atoms. The fraction of sp³-hybridized carbons (Fsp3) is 0.400. The van der Waals surface area contributed by atoms with Crippen molar-refractivity contribution in [1.29, 1.82) is 0 Å². The third kappa shape index (κ3) is 4.59. The number of fused-ring (bicyclic) bond motifs is 1. The van der Waals surface area contributed by atoms with E-state index in [1.54, 1.807) is 6.07 Å². The number of aromatic nitrogens is 1. The van der Waals surface area contributed by atoms with Crippen LogP contribution in [0.3, 0.4) is 0 Å². The molecular weight excluding hydrogens is 416 g/mol. The van der Waals surface area contributed by atoms with E-state index in [1.165, 1.54) is 37.6 Å². The molecule has 2 heterocycles. The Morgan fingerprint density at radius 3 is 2.79 bits per heavy atom. The van der Waals surface area contributed by atoms with E-state index in [9.17, 15) is 14.4 Å². The number of hydrogen-bond acceptors (Lipinski definition) is 7. The summed E-state index contributed by atoms with van der Waals surface area (Å²) in [5.74, 6) is -1.27. The molecule has 1 aliphatic carbocycles. The fourth-order valence-electron chi connectivity index (χ4n) is 3.19. The van der Waals surface area contributed by atoms with Gasteiger partial charge < -0.3 is 14.8 Å². The number of rotatable bonds is 5. The zero-order valence-electron chi connectivity index (χ0n) is 16.3. The number of carbonyl (C=O) groups excluding carboxylic acids is 3. The van der Waals surface area contributed by atoms with E-state index < -0.39 is 23.9 Å². The Balaban J connectivity index is 1.77. The van der Waals surface area contributed by atoms with Gasteiger partial charge in [-0.15, -0.1) is 11.3 Å². The monoisotopic (exact) mass is 436 g/mol. The highest BCUT2D eigenvalue weighted by atomic mass is 35.5. The minimum atomic E-state index is -1.10. The molecule has 2 unspecified atom stereocenters. The molecule has 2 atom stereocenters. The third-order valence-electron chi connectivity index (χ3n) is 4.77. The van der Waals surface area contributed by atoms with E-state index >= 15 is 0 Å². The Morgan fingerprint density at radius 2 is 2.10 bits per heavy atom. The number of ether oxygens (including phenoxy) is 2. The van der Waals surface area contributed by atoms with Gasteiger partial charge in [0.15, 0.2) is 6.10 Å². The molecule has 0 bridgehead atoms. The highest BCUT2D eigenvalue weighted by Gasteiger charge is 2.30. The second-order valence-electron chi connectivity index (χ2n) is 6.93. The summed E-state index contributed by atoms with van der Waals surface area (Å²) in [4.78, 5) is 42.1. The predicted molar refractivity (Wildman–Crippen MR) is 110 cm³/mol. The van der Waals surface area contributed by atoms with Gasteiger partial charge in [0.05, 0.1) is 18.2 Å². The number of esters is 2. The van der Waals surface area contributed by atoms with Gasteiger partial charge in [0.1, 0.15) is 10.2 Å². The predicted octanol–water partition coefficient (Wildman–Crippen LogP) is 3.89. The minimum Gasteiger partial charge on any atom is -0.465 e. The fourth-order valence-corrected chi connectivity index (χ4v) is 4.78. The average Bonchev–Trinajstić information content (AvgIpc) is 3.04. The molecule has 0 spiro atoms. The van der Waals surface area contributed by atoms with Gasteiger partial charge in [-0.25, -0.2) is 14.6 Å². The lowest BCUT2D eigenvalue weighted by Crippen LogP contribution is -2.30. The van der Waals surface area contributed by atoms with Crippen molar-refractivity contribution in [1.82, 2.24) is 4.98 Å². The molecule has 0 aliphatic heterocycles. The number of nitrogens with zero attached hydrogens (tertiary/aromatic N) is 1. The summed E-state index contributed by atoms with van der Waals surface area (Å²) in [6.07, 6.45) is 2.94. The van der Waals surface area contributed by atoms with Crippen LogP contribution >= 0.6 is 22.9 Å². The first kappa shape index (κ1) is 21.3. The SMILES string of the molecule is COC(=O)c1c(NC(=O)C(C)OC(=O)c2cccnc2Cl)sc2c1CCC(C)C2. The van der Waals surface area contributed by atoms with E-state index in [4.69, 9.17) is 21.1 Å². The molecule has 1 aliphatic rings. The van der Waals surface area contributed by atoms with Crippen LogP contribution in [0.4, 0.5) is 5.00 Å². The Labute approximate surface area is 177 Å². The Hall–Kier alpha value is -2.45. The quantitative estimate of drug-likeness (QED) is 0.564. The molecule has 7 nitrogen and oxygen atoms in total. The van der Waals surface area contributed by atoms with Crippen molar-refractivity contribution >= 4 is 45.8 Å². The number of nitrogens with one attached hydrogen (secondary N) is 1. The standard InChI is InChI=1S/C20H21ClN2O5S/c1-10-6-7-12-14(9-10)29-18(15(12)20(26)27-3)23-17(24)11(2)28-19(25)13-5-4-8-22-16(13)21/h4-5,8,10-11H,6-7,9H2,1-3H3,(H,23,24). The van der Waals surface area contributed by atoms with Crippen LogP contribution in [-0.2, 0) is 27.1 Å². The molecule has 0 fully saturated rings. The molecule has 2 aromatic rings. The summed E-state index contributed by atoms with van der Waals surface area (Å²) in [7, 11) is 1.31. The normalized spacial score (nSPS) is 16.5. The highest BCUT2D eigenvalue weighted by molar-refractivity contribution is 7.17. The Kier molecular flexibility index (Phi) is 6.54. The maximum Gasteiger partial charge on any atom is 0.342 e. The lowest BCUT2D eigenvalue weighted by Gasteiger charge is -2.18. The van der Waals surface area contributed by atoms with E-state index in [0.29, 0.717) is 16.5 Å². The van der Waals surface area contributed by atoms with Crippen molar-refractivity contribution < 1.29 is 23.9 Å². The van der Waals surface area contributed by atoms with Crippen LogP contribution in [0.2, 0.25) is 5.15 Å².